The van der Waals surface area contributed by atoms with Crippen LogP contribution in [-0.2, 0) is 14.8 Å². The van der Waals surface area contributed by atoms with Crippen molar-refractivity contribution in [3.05, 3.63) is 35.4 Å². The van der Waals surface area contributed by atoms with Crippen LogP contribution in [0.1, 0.15) is 68.9 Å². The summed E-state index contributed by atoms with van der Waals surface area (Å²) in [5.41, 5.74) is 8.30. The van der Waals surface area contributed by atoms with Crippen LogP contribution in [0.2, 0.25) is 0 Å². The van der Waals surface area contributed by atoms with E-state index >= 15 is 0 Å². The fourth-order valence-corrected chi connectivity index (χ4v) is 5.32. The van der Waals surface area contributed by atoms with Gasteiger partial charge in [-0.25, -0.2) is 13.1 Å². The number of carbonyl (C=O) groups is 1. The molecule has 0 aliphatic rings. The number of hydrogen-bond acceptors (Lipinski definition) is 4. The minimum atomic E-state index is -3.63. The smallest absolute Gasteiger partial charge is 0.303 e. The fourth-order valence-electron chi connectivity index (χ4n) is 3.73. The lowest BCUT2D eigenvalue weighted by Crippen LogP contribution is -2.26. The van der Waals surface area contributed by atoms with Gasteiger partial charge in [-0.05, 0) is 49.9 Å². The monoisotopic (exact) mass is 434 g/mol. The zero-order valence-corrected chi connectivity index (χ0v) is 18.9. The number of aliphatic carboxylic acids is 1. The number of fused-ring (bicyclic) bond motifs is 1. The van der Waals surface area contributed by atoms with E-state index in [0.717, 1.165) is 67.9 Å². The molecule has 30 heavy (non-hydrogen) atoms. The summed E-state index contributed by atoms with van der Waals surface area (Å²) in [5.74, 6) is -0.727. The number of rotatable bonds is 13. The average Bonchev–Trinajstić information content (AvgIpc) is 2.67. The highest BCUT2D eigenvalue weighted by molar-refractivity contribution is 7.89. The number of hydrogen-bond donors (Lipinski definition) is 3. The van der Waals surface area contributed by atoms with Crippen molar-refractivity contribution < 1.29 is 18.3 Å². The highest BCUT2D eigenvalue weighted by Gasteiger charge is 2.21. The maximum Gasteiger partial charge on any atom is 0.303 e. The molecule has 0 fully saturated rings. The summed E-state index contributed by atoms with van der Waals surface area (Å²) < 4.78 is 28.8. The molecular formula is C23H34N2O4S. The van der Waals surface area contributed by atoms with Gasteiger partial charge in [-0.1, -0.05) is 50.7 Å². The Kier molecular flexibility index (Phi) is 9.11. The van der Waals surface area contributed by atoms with Gasteiger partial charge in [-0.2, -0.15) is 0 Å². The highest BCUT2D eigenvalue weighted by atomic mass is 32.2. The number of benzene rings is 2. The zero-order valence-electron chi connectivity index (χ0n) is 18.0. The number of nitrogen functional groups attached to an aromatic ring is 1. The molecule has 0 amide bonds. The Morgan fingerprint density at radius 2 is 1.57 bits per heavy atom. The second kappa shape index (κ2) is 11.3. The summed E-state index contributed by atoms with van der Waals surface area (Å²) in [7, 11) is -3.63. The Labute approximate surface area is 179 Å². The molecular weight excluding hydrogens is 400 g/mol. The second-order valence-corrected chi connectivity index (χ2v) is 9.66. The van der Waals surface area contributed by atoms with Crippen LogP contribution >= 0.6 is 0 Å². The Morgan fingerprint density at radius 3 is 2.20 bits per heavy atom. The maximum atomic E-state index is 13.0. The van der Waals surface area contributed by atoms with E-state index < -0.39 is 16.0 Å². The Hall–Kier alpha value is -2.12. The third-order valence-electron chi connectivity index (χ3n) is 5.56. The molecule has 6 nitrogen and oxygen atoms in total. The Bertz CT molecular complexity index is 971. The van der Waals surface area contributed by atoms with Crippen molar-refractivity contribution in [2.45, 2.75) is 76.5 Å². The second-order valence-electron chi connectivity index (χ2n) is 7.96. The van der Waals surface area contributed by atoms with Crippen molar-refractivity contribution >= 4 is 32.5 Å². The van der Waals surface area contributed by atoms with Crippen LogP contribution in [0.25, 0.3) is 10.8 Å². The number of anilines is 1. The van der Waals surface area contributed by atoms with E-state index in [0.29, 0.717) is 22.5 Å². The van der Waals surface area contributed by atoms with Gasteiger partial charge >= 0.3 is 5.97 Å². The summed E-state index contributed by atoms with van der Waals surface area (Å²) in [4.78, 5) is 10.8. The van der Waals surface area contributed by atoms with Crippen LogP contribution in [0.5, 0.6) is 0 Å². The van der Waals surface area contributed by atoms with Gasteiger partial charge in [0.1, 0.15) is 0 Å². The van der Waals surface area contributed by atoms with Crippen LogP contribution in [0.3, 0.4) is 0 Å². The van der Waals surface area contributed by atoms with Gasteiger partial charge in [0, 0.05) is 29.4 Å². The van der Waals surface area contributed by atoms with Crippen LogP contribution in [0.4, 0.5) is 5.69 Å². The van der Waals surface area contributed by atoms with Gasteiger partial charge in [0.05, 0.1) is 4.90 Å². The molecule has 2 rings (SSSR count). The van der Waals surface area contributed by atoms with E-state index in [4.69, 9.17) is 10.8 Å². The van der Waals surface area contributed by atoms with Crippen molar-refractivity contribution in [1.82, 2.24) is 4.72 Å². The molecule has 0 aromatic heterocycles. The molecule has 2 aromatic rings. The minimum Gasteiger partial charge on any atom is -0.481 e. The van der Waals surface area contributed by atoms with Crippen LogP contribution < -0.4 is 10.5 Å². The number of unbranched alkanes of at least 4 members (excludes halogenated alkanes) is 7. The largest absolute Gasteiger partial charge is 0.481 e. The number of carboxylic acid groups (broad SMARTS) is 1. The van der Waals surface area contributed by atoms with Gasteiger partial charge in [0.15, 0.2) is 0 Å². The number of carboxylic acids is 1. The lowest BCUT2D eigenvalue weighted by Gasteiger charge is -2.15. The minimum absolute atomic E-state index is 0.252. The van der Waals surface area contributed by atoms with E-state index in [1.54, 1.807) is 12.1 Å². The molecule has 0 bridgehead atoms. The molecule has 4 N–H and O–H groups in total. The van der Waals surface area contributed by atoms with Crippen molar-refractivity contribution in [2.24, 2.45) is 0 Å². The summed E-state index contributed by atoms with van der Waals surface area (Å²) in [6, 6.07) is 7.32. The van der Waals surface area contributed by atoms with Gasteiger partial charge in [0.25, 0.3) is 0 Å². The summed E-state index contributed by atoms with van der Waals surface area (Å²) in [6.07, 6.45) is 8.04. The van der Waals surface area contributed by atoms with E-state index in [1.165, 1.54) is 0 Å². The van der Waals surface area contributed by atoms with E-state index in [9.17, 15) is 13.2 Å². The maximum absolute atomic E-state index is 13.0. The molecule has 0 unspecified atom stereocenters. The molecule has 2 aromatic carbocycles. The highest BCUT2D eigenvalue weighted by Crippen LogP contribution is 2.32. The summed E-state index contributed by atoms with van der Waals surface area (Å²) in [5, 5.41) is 10.0. The average molecular weight is 435 g/mol. The molecule has 0 atom stereocenters. The van der Waals surface area contributed by atoms with Gasteiger partial charge in [-0.3, -0.25) is 4.79 Å². The number of nitrogens with two attached hydrogens (primary N) is 1. The topological polar surface area (TPSA) is 109 Å². The standard InChI is InChI=1S/C23H34N2O4S/c1-17-16-20-19(12-11-13-21(20)24)23(18(17)2)30(28,29)25-15-10-8-6-4-3-5-7-9-14-22(26)27/h11-13,16,25H,3-10,14-15,24H2,1-2H3,(H,26,27). The predicted molar refractivity (Wildman–Crippen MR) is 122 cm³/mol. The zero-order chi connectivity index (χ0) is 22.1. The van der Waals surface area contributed by atoms with E-state index in [2.05, 4.69) is 4.72 Å². The third kappa shape index (κ3) is 6.71. The van der Waals surface area contributed by atoms with Gasteiger partial charge < -0.3 is 10.8 Å². The van der Waals surface area contributed by atoms with Crippen molar-refractivity contribution in [1.29, 1.82) is 0 Å². The van der Waals surface area contributed by atoms with Crippen LogP contribution in [0, 0.1) is 13.8 Å². The lowest BCUT2D eigenvalue weighted by molar-refractivity contribution is -0.137. The number of sulfonamides is 1. The van der Waals surface area contributed by atoms with Crippen molar-refractivity contribution in [3.8, 4) is 0 Å². The van der Waals surface area contributed by atoms with E-state index in [-0.39, 0.29) is 6.42 Å². The predicted octanol–water partition coefficient (Wildman–Crippen LogP) is 4.91. The third-order valence-corrected chi connectivity index (χ3v) is 7.20. The Morgan fingerprint density at radius 1 is 0.967 bits per heavy atom. The molecule has 166 valence electrons. The quantitative estimate of drug-likeness (QED) is 0.306. The molecule has 0 heterocycles. The van der Waals surface area contributed by atoms with E-state index in [1.807, 2.05) is 26.0 Å². The first-order valence-electron chi connectivity index (χ1n) is 10.7. The molecule has 7 heteroatoms. The lowest BCUT2D eigenvalue weighted by atomic mass is 10.0. The SMILES string of the molecule is Cc1cc2c(N)cccc2c(S(=O)(=O)NCCCCCCCCCCC(=O)O)c1C. The first-order valence-corrected chi connectivity index (χ1v) is 12.2. The molecule has 0 aliphatic heterocycles. The van der Waals surface area contributed by atoms with Gasteiger partial charge in [-0.15, -0.1) is 0 Å². The first kappa shape index (κ1) is 24.2. The normalized spacial score (nSPS) is 11.8. The molecule has 0 radical (unpaired) electrons. The van der Waals surface area contributed by atoms with Crippen molar-refractivity contribution in [2.75, 3.05) is 12.3 Å². The Balaban J connectivity index is 1.82. The fraction of sp³-hybridized carbons (Fsp3) is 0.522. The first-order chi connectivity index (χ1) is 14.2. The summed E-state index contributed by atoms with van der Waals surface area (Å²) >= 11 is 0. The number of nitrogens with one attached hydrogen (secondary N) is 1. The summed E-state index contributed by atoms with van der Waals surface area (Å²) in [6.45, 7) is 4.16. The molecule has 0 saturated carbocycles. The van der Waals surface area contributed by atoms with Gasteiger partial charge in [0.2, 0.25) is 10.0 Å². The molecule has 0 spiro atoms. The van der Waals surface area contributed by atoms with Crippen LogP contribution in [0.15, 0.2) is 29.2 Å². The number of aryl methyl sites for hydroxylation is 1. The molecule has 0 saturated heterocycles. The van der Waals surface area contributed by atoms with Crippen molar-refractivity contribution in [3.63, 3.8) is 0 Å². The van der Waals surface area contributed by atoms with Crippen LogP contribution in [-0.4, -0.2) is 26.0 Å². The molecule has 0 aliphatic carbocycles.